The van der Waals surface area contributed by atoms with Gasteiger partial charge in [-0.3, -0.25) is 20.2 Å². The van der Waals surface area contributed by atoms with E-state index >= 15 is 0 Å². The Balaban J connectivity index is 2.65. The highest BCUT2D eigenvalue weighted by Crippen LogP contribution is 2.17. The SMILES string of the molecule is CC(=O)NC(C)CNC(C#N)c1ccc([N+](=O)[O-])cc1. The molecule has 0 aromatic heterocycles. The van der Waals surface area contributed by atoms with Crippen molar-refractivity contribution in [3.05, 3.63) is 39.9 Å². The second-order valence-corrected chi connectivity index (χ2v) is 4.42. The van der Waals surface area contributed by atoms with E-state index in [1.54, 1.807) is 12.1 Å². The number of rotatable bonds is 6. The molecule has 2 N–H and O–H groups in total. The second-order valence-electron chi connectivity index (χ2n) is 4.42. The number of hydrogen-bond acceptors (Lipinski definition) is 5. The first-order valence-electron chi connectivity index (χ1n) is 6.08. The van der Waals surface area contributed by atoms with Crippen LogP contribution in [0.3, 0.4) is 0 Å². The highest BCUT2D eigenvalue weighted by molar-refractivity contribution is 5.73. The van der Waals surface area contributed by atoms with E-state index in [-0.39, 0.29) is 17.6 Å². The molecule has 1 amide bonds. The molecule has 0 fully saturated rings. The van der Waals surface area contributed by atoms with Gasteiger partial charge in [-0.05, 0) is 24.6 Å². The van der Waals surface area contributed by atoms with Gasteiger partial charge in [0.15, 0.2) is 0 Å². The van der Waals surface area contributed by atoms with Crippen molar-refractivity contribution in [1.29, 1.82) is 5.26 Å². The van der Waals surface area contributed by atoms with E-state index in [2.05, 4.69) is 16.7 Å². The summed E-state index contributed by atoms with van der Waals surface area (Å²) in [5.41, 5.74) is 0.630. The Bertz CT molecular complexity index is 521. The minimum absolute atomic E-state index is 0.0166. The molecule has 0 saturated heterocycles. The number of amides is 1. The molecule has 1 rings (SSSR count). The zero-order valence-corrected chi connectivity index (χ0v) is 11.3. The lowest BCUT2D eigenvalue weighted by Gasteiger charge is -2.16. The summed E-state index contributed by atoms with van der Waals surface area (Å²) in [6, 6.07) is 7.20. The van der Waals surface area contributed by atoms with Crippen LogP contribution in [-0.2, 0) is 4.79 Å². The predicted molar refractivity (Wildman–Crippen MR) is 72.7 cm³/mol. The van der Waals surface area contributed by atoms with Crippen LogP contribution >= 0.6 is 0 Å². The molecule has 1 aromatic rings. The fraction of sp³-hybridized carbons (Fsp3) is 0.385. The number of benzene rings is 1. The average Bonchev–Trinajstić information content (AvgIpc) is 2.39. The van der Waals surface area contributed by atoms with Crippen LogP contribution < -0.4 is 10.6 Å². The smallest absolute Gasteiger partial charge is 0.269 e. The zero-order valence-electron chi connectivity index (χ0n) is 11.3. The number of non-ortho nitro benzene ring substituents is 1. The second kappa shape index (κ2) is 7.21. The Morgan fingerprint density at radius 2 is 2.05 bits per heavy atom. The van der Waals surface area contributed by atoms with Crippen LogP contribution in [0, 0.1) is 21.4 Å². The van der Waals surface area contributed by atoms with Gasteiger partial charge >= 0.3 is 0 Å². The molecule has 0 aliphatic heterocycles. The average molecular weight is 276 g/mol. The number of nitrogens with one attached hydrogen (secondary N) is 2. The zero-order chi connectivity index (χ0) is 15.1. The van der Waals surface area contributed by atoms with Crippen molar-refractivity contribution in [3.8, 4) is 6.07 Å². The van der Waals surface area contributed by atoms with Crippen molar-refractivity contribution >= 4 is 11.6 Å². The van der Waals surface area contributed by atoms with Gasteiger partial charge < -0.3 is 5.32 Å². The Morgan fingerprint density at radius 3 is 2.50 bits per heavy atom. The van der Waals surface area contributed by atoms with E-state index in [0.717, 1.165) is 0 Å². The van der Waals surface area contributed by atoms with E-state index in [0.29, 0.717) is 12.1 Å². The lowest BCUT2D eigenvalue weighted by molar-refractivity contribution is -0.384. The maximum Gasteiger partial charge on any atom is 0.269 e. The molecule has 2 atom stereocenters. The van der Waals surface area contributed by atoms with Crippen LogP contribution in [0.1, 0.15) is 25.5 Å². The first kappa shape index (κ1) is 15.6. The quantitative estimate of drug-likeness (QED) is 0.601. The third-order valence-electron chi connectivity index (χ3n) is 2.64. The Hall–Kier alpha value is -2.46. The molecular weight excluding hydrogens is 260 g/mol. The third-order valence-corrected chi connectivity index (χ3v) is 2.64. The van der Waals surface area contributed by atoms with E-state index in [9.17, 15) is 14.9 Å². The van der Waals surface area contributed by atoms with Gasteiger partial charge in [-0.25, -0.2) is 0 Å². The first-order chi connectivity index (χ1) is 9.43. The van der Waals surface area contributed by atoms with Crippen molar-refractivity contribution in [1.82, 2.24) is 10.6 Å². The number of carbonyl (C=O) groups is 1. The standard InChI is InChI=1S/C13H16N4O3/c1-9(16-10(2)18)8-15-13(7-14)11-3-5-12(6-4-11)17(19)20/h3-6,9,13,15H,8H2,1-2H3,(H,16,18). The van der Waals surface area contributed by atoms with Crippen molar-refractivity contribution in [3.63, 3.8) is 0 Å². The van der Waals surface area contributed by atoms with E-state index in [4.69, 9.17) is 5.26 Å². The van der Waals surface area contributed by atoms with E-state index in [1.807, 2.05) is 6.92 Å². The number of carbonyl (C=O) groups excluding carboxylic acids is 1. The number of nitrogens with zero attached hydrogens (tertiary/aromatic N) is 2. The summed E-state index contributed by atoms with van der Waals surface area (Å²) in [5.74, 6) is -0.136. The third kappa shape index (κ3) is 4.66. The fourth-order valence-corrected chi connectivity index (χ4v) is 1.72. The number of hydrogen-bond donors (Lipinski definition) is 2. The Morgan fingerprint density at radius 1 is 1.45 bits per heavy atom. The van der Waals surface area contributed by atoms with Crippen LogP contribution in [0.2, 0.25) is 0 Å². The lowest BCUT2D eigenvalue weighted by Crippen LogP contribution is -2.39. The lowest BCUT2D eigenvalue weighted by atomic mass is 10.1. The van der Waals surface area contributed by atoms with Crippen molar-refractivity contribution < 1.29 is 9.72 Å². The molecule has 0 spiro atoms. The molecule has 1 aromatic carbocycles. The molecule has 0 radical (unpaired) electrons. The Labute approximate surface area is 116 Å². The maximum absolute atomic E-state index is 10.9. The van der Waals surface area contributed by atoms with Gasteiger partial charge in [0.25, 0.3) is 5.69 Å². The topological polar surface area (TPSA) is 108 Å². The molecule has 7 nitrogen and oxygen atoms in total. The van der Waals surface area contributed by atoms with Crippen LogP contribution in [0.5, 0.6) is 0 Å². The van der Waals surface area contributed by atoms with Gasteiger partial charge in [-0.15, -0.1) is 0 Å². The minimum atomic E-state index is -0.577. The molecule has 20 heavy (non-hydrogen) atoms. The van der Waals surface area contributed by atoms with Gasteiger partial charge in [-0.1, -0.05) is 0 Å². The molecule has 0 bridgehead atoms. The van der Waals surface area contributed by atoms with Gasteiger partial charge in [-0.2, -0.15) is 5.26 Å². The molecule has 7 heteroatoms. The van der Waals surface area contributed by atoms with E-state index < -0.39 is 11.0 Å². The largest absolute Gasteiger partial charge is 0.353 e. The molecule has 0 aliphatic rings. The summed E-state index contributed by atoms with van der Waals surface area (Å²) in [4.78, 5) is 20.9. The van der Waals surface area contributed by atoms with Crippen LogP contribution in [0.15, 0.2) is 24.3 Å². The summed E-state index contributed by atoms with van der Waals surface area (Å²) in [6.45, 7) is 3.67. The molecule has 0 aliphatic carbocycles. The highest BCUT2D eigenvalue weighted by atomic mass is 16.6. The van der Waals surface area contributed by atoms with Crippen LogP contribution in [0.4, 0.5) is 5.69 Å². The number of nitro benzene ring substituents is 1. The molecule has 2 unspecified atom stereocenters. The number of nitriles is 1. The normalized spacial score (nSPS) is 13.1. The summed E-state index contributed by atoms with van der Waals surface area (Å²) in [5, 5.41) is 25.4. The molecule has 0 saturated carbocycles. The van der Waals surface area contributed by atoms with Gasteiger partial charge in [0, 0.05) is 31.6 Å². The number of nitro groups is 1. The van der Waals surface area contributed by atoms with Crippen LogP contribution in [-0.4, -0.2) is 23.4 Å². The predicted octanol–water partition coefficient (Wildman–Crippen LogP) is 1.27. The first-order valence-corrected chi connectivity index (χ1v) is 6.08. The monoisotopic (exact) mass is 276 g/mol. The molecule has 0 heterocycles. The minimum Gasteiger partial charge on any atom is -0.353 e. The maximum atomic E-state index is 10.9. The van der Waals surface area contributed by atoms with Crippen LogP contribution in [0.25, 0.3) is 0 Å². The summed E-state index contributed by atoms with van der Waals surface area (Å²) < 4.78 is 0. The van der Waals surface area contributed by atoms with E-state index in [1.165, 1.54) is 19.1 Å². The van der Waals surface area contributed by atoms with Gasteiger partial charge in [0.1, 0.15) is 6.04 Å². The molecule has 106 valence electrons. The van der Waals surface area contributed by atoms with Crippen molar-refractivity contribution in [2.75, 3.05) is 6.54 Å². The highest BCUT2D eigenvalue weighted by Gasteiger charge is 2.13. The van der Waals surface area contributed by atoms with Crippen molar-refractivity contribution in [2.45, 2.75) is 25.9 Å². The molecular formula is C13H16N4O3. The van der Waals surface area contributed by atoms with Crippen molar-refractivity contribution in [2.24, 2.45) is 0 Å². The Kier molecular flexibility index (Phi) is 5.62. The van der Waals surface area contributed by atoms with Gasteiger partial charge in [0.05, 0.1) is 11.0 Å². The summed E-state index contributed by atoms with van der Waals surface area (Å²) in [6.07, 6.45) is 0. The fourth-order valence-electron chi connectivity index (χ4n) is 1.72. The van der Waals surface area contributed by atoms with Gasteiger partial charge in [0.2, 0.25) is 5.91 Å². The summed E-state index contributed by atoms with van der Waals surface area (Å²) in [7, 11) is 0. The summed E-state index contributed by atoms with van der Waals surface area (Å²) >= 11 is 0.